The molecule has 16 heteroatoms. The number of fused-ring (bicyclic) bond motifs is 5. The first-order chi connectivity index (χ1) is 22.6. The molecule has 242 valence electrons. The molecule has 0 unspecified atom stereocenters. The number of H-pyrrole nitrogens is 2. The lowest BCUT2D eigenvalue weighted by Crippen LogP contribution is -2.47. The van der Waals surface area contributed by atoms with Crippen molar-refractivity contribution in [1.29, 1.82) is 5.41 Å². The maximum absolute atomic E-state index is 14.4. The largest absolute Gasteiger partial charge is 0.506 e. The van der Waals surface area contributed by atoms with Crippen molar-refractivity contribution in [1.82, 2.24) is 24.5 Å². The van der Waals surface area contributed by atoms with Crippen LogP contribution in [-0.2, 0) is 16.1 Å². The number of aromatic amines is 2. The number of hydrogen-bond acceptors (Lipinski definition) is 12. The summed E-state index contributed by atoms with van der Waals surface area (Å²) in [6, 6.07) is 4.78. The van der Waals surface area contributed by atoms with Crippen molar-refractivity contribution >= 4 is 51.1 Å². The number of ketones is 1. The number of aromatic hydroxyl groups is 1. The van der Waals surface area contributed by atoms with Gasteiger partial charge in [0.1, 0.15) is 17.0 Å². The lowest BCUT2D eigenvalue weighted by Gasteiger charge is -2.20. The van der Waals surface area contributed by atoms with Crippen LogP contribution in [0, 0.1) is 5.41 Å². The normalized spacial score (nSPS) is 18.3. The van der Waals surface area contributed by atoms with E-state index in [1.807, 2.05) is 0 Å². The second-order valence-corrected chi connectivity index (χ2v) is 11.4. The number of benzene rings is 2. The summed E-state index contributed by atoms with van der Waals surface area (Å²) < 4.78 is 23.2. The highest BCUT2D eigenvalue weighted by Crippen LogP contribution is 2.51. The van der Waals surface area contributed by atoms with Gasteiger partial charge in [-0.05, 0) is 24.6 Å². The molecule has 2 atom stereocenters. The number of imidazole rings is 1. The van der Waals surface area contributed by atoms with Crippen molar-refractivity contribution in [2.24, 2.45) is 0 Å². The van der Waals surface area contributed by atoms with E-state index in [0.29, 0.717) is 50.6 Å². The Morgan fingerprint density at radius 2 is 1.85 bits per heavy atom. The highest BCUT2D eigenvalue weighted by atomic mass is 16.5. The molecule has 2 aliphatic rings. The third-order valence-corrected chi connectivity index (χ3v) is 8.84. The molecule has 0 saturated carbocycles. The molecule has 5 aromatic rings. The number of ether oxygens (including phenoxy) is 4. The minimum Gasteiger partial charge on any atom is -0.506 e. The van der Waals surface area contributed by atoms with Crippen LogP contribution in [0.2, 0.25) is 0 Å². The van der Waals surface area contributed by atoms with E-state index >= 15 is 0 Å². The van der Waals surface area contributed by atoms with Crippen LogP contribution in [0.5, 0.6) is 23.0 Å². The number of Topliss-reactive ketones (excluding diaryl/α,β-unsaturated/α-hetero) is 1. The second kappa shape index (κ2) is 10.5. The molecule has 5 N–H and O–H groups in total. The van der Waals surface area contributed by atoms with Gasteiger partial charge in [-0.3, -0.25) is 15.0 Å². The van der Waals surface area contributed by atoms with Gasteiger partial charge in [-0.15, -0.1) is 0 Å². The molecule has 0 aliphatic carbocycles. The zero-order valence-corrected chi connectivity index (χ0v) is 26.0. The first-order valence-electron chi connectivity index (χ1n) is 14.4. The standard InChI is InChI=1S/C31H30N8O8/c1-31(30(43)47-5)26(41)20-19-14(9-38-12-35-27(32)23-28(38)34-11-33-23)10-39(16(19)8-17(40)22(20)37-31)29(42)15-6-13-7-18(44-2)24(45-3)25(46-4)21(13)36-15/h6-8,11-12,14,32,36-37,40H,9-10H2,1-5H3,(H,33,34)/t14-,31-/m1/s1. The molecule has 0 saturated heterocycles. The third kappa shape index (κ3) is 4.13. The molecule has 0 radical (unpaired) electrons. The molecule has 7 rings (SSSR count). The van der Waals surface area contributed by atoms with Gasteiger partial charge >= 0.3 is 5.97 Å². The summed E-state index contributed by atoms with van der Waals surface area (Å²) >= 11 is 0. The Bertz CT molecular complexity index is 2220. The number of hydrogen-bond donors (Lipinski definition) is 5. The van der Waals surface area contributed by atoms with Crippen LogP contribution in [0.1, 0.15) is 39.3 Å². The number of anilines is 2. The Morgan fingerprint density at radius 3 is 2.55 bits per heavy atom. The zero-order valence-electron chi connectivity index (χ0n) is 26.0. The topological polar surface area (TPSA) is 210 Å². The fraction of sp³-hybridized carbons (Fsp3) is 0.290. The van der Waals surface area contributed by atoms with Crippen molar-refractivity contribution in [3.63, 3.8) is 0 Å². The molecule has 2 aromatic carbocycles. The molecule has 5 heterocycles. The van der Waals surface area contributed by atoms with Gasteiger partial charge in [0.2, 0.25) is 11.5 Å². The van der Waals surface area contributed by atoms with Crippen molar-refractivity contribution in [3.05, 3.63) is 53.2 Å². The third-order valence-electron chi connectivity index (χ3n) is 8.84. The smallest absolute Gasteiger partial charge is 0.339 e. The van der Waals surface area contributed by atoms with Gasteiger partial charge in [-0.25, -0.2) is 14.8 Å². The second-order valence-electron chi connectivity index (χ2n) is 11.4. The number of phenolic OH excluding ortho intramolecular Hbond substituents is 1. The average molecular weight is 643 g/mol. The van der Waals surface area contributed by atoms with E-state index in [9.17, 15) is 19.5 Å². The molecule has 47 heavy (non-hydrogen) atoms. The molecule has 2 aliphatic heterocycles. The maximum atomic E-state index is 14.4. The average Bonchev–Trinajstić information content (AvgIpc) is 3.86. The number of amides is 1. The van der Waals surface area contributed by atoms with E-state index in [1.54, 1.807) is 16.7 Å². The highest BCUT2D eigenvalue weighted by molar-refractivity contribution is 6.26. The fourth-order valence-electron chi connectivity index (χ4n) is 6.63. The summed E-state index contributed by atoms with van der Waals surface area (Å²) in [7, 11) is 5.63. The summed E-state index contributed by atoms with van der Waals surface area (Å²) in [6.07, 6.45) is 2.93. The summed E-state index contributed by atoms with van der Waals surface area (Å²) in [4.78, 5) is 57.2. The van der Waals surface area contributed by atoms with Gasteiger partial charge in [0, 0.05) is 30.5 Å². The predicted octanol–water partition coefficient (Wildman–Crippen LogP) is 2.44. The number of methoxy groups -OCH3 is 4. The van der Waals surface area contributed by atoms with Gasteiger partial charge in [-0.1, -0.05) is 0 Å². The van der Waals surface area contributed by atoms with Crippen molar-refractivity contribution in [2.75, 3.05) is 45.2 Å². The SMILES string of the molecule is COC(=O)[C@]1(C)Nc2c(O)cc3c(c2C1=O)[C@H](Cn1cnc(=N)c2[nH]cnc21)CN3C(=O)c1cc2cc(OC)c(OC)c(OC)c2[nH]1. The van der Waals surface area contributed by atoms with Crippen LogP contribution in [0.25, 0.3) is 22.1 Å². The van der Waals surface area contributed by atoms with E-state index in [-0.39, 0.29) is 41.3 Å². The molecule has 0 bridgehead atoms. The Kier molecular flexibility index (Phi) is 6.62. The lowest BCUT2D eigenvalue weighted by atomic mass is 9.88. The quantitative estimate of drug-likeness (QED) is 0.0989. The van der Waals surface area contributed by atoms with Gasteiger partial charge < -0.3 is 48.8 Å². The minimum absolute atomic E-state index is 0.0129. The highest BCUT2D eigenvalue weighted by Gasteiger charge is 2.53. The molecule has 0 fully saturated rings. The summed E-state index contributed by atoms with van der Waals surface area (Å²) in [5, 5.41) is 22.8. The van der Waals surface area contributed by atoms with E-state index in [4.69, 9.17) is 24.4 Å². The fourth-order valence-corrected chi connectivity index (χ4v) is 6.63. The molecule has 16 nitrogen and oxygen atoms in total. The monoisotopic (exact) mass is 642 g/mol. The first-order valence-corrected chi connectivity index (χ1v) is 14.4. The van der Waals surface area contributed by atoms with Crippen molar-refractivity contribution in [3.8, 4) is 23.0 Å². The Labute approximate surface area is 265 Å². The summed E-state index contributed by atoms with van der Waals surface area (Å²) in [5.74, 6) is -1.61. The summed E-state index contributed by atoms with van der Waals surface area (Å²) in [5.41, 5.74) is 0.719. The number of esters is 1. The molecule has 3 aromatic heterocycles. The number of carbonyl (C=O) groups excluding carboxylic acids is 3. The van der Waals surface area contributed by atoms with E-state index < -0.39 is 29.1 Å². The maximum Gasteiger partial charge on any atom is 0.339 e. The van der Waals surface area contributed by atoms with E-state index in [1.165, 1.54) is 59.0 Å². The number of carbonyl (C=O) groups is 3. The molecular weight excluding hydrogens is 612 g/mol. The Hall–Kier alpha value is -6.06. The zero-order chi connectivity index (χ0) is 33.4. The van der Waals surface area contributed by atoms with Crippen LogP contribution in [0.3, 0.4) is 0 Å². The summed E-state index contributed by atoms with van der Waals surface area (Å²) in [6.45, 7) is 1.67. The van der Waals surface area contributed by atoms with E-state index in [0.717, 1.165) is 0 Å². The number of nitrogens with one attached hydrogen (secondary N) is 4. The van der Waals surface area contributed by atoms with Crippen LogP contribution in [0.4, 0.5) is 11.4 Å². The van der Waals surface area contributed by atoms with Gasteiger partial charge in [-0.2, -0.15) is 0 Å². The van der Waals surface area contributed by atoms with Crippen LogP contribution in [0.15, 0.2) is 30.9 Å². The Morgan fingerprint density at radius 1 is 1.09 bits per heavy atom. The number of nitrogens with zero attached hydrogens (tertiary/aromatic N) is 4. The van der Waals surface area contributed by atoms with Crippen LogP contribution < -0.4 is 29.9 Å². The number of rotatable bonds is 7. The van der Waals surface area contributed by atoms with Crippen molar-refractivity contribution in [2.45, 2.75) is 24.9 Å². The van der Waals surface area contributed by atoms with Crippen molar-refractivity contribution < 1.29 is 38.4 Å². The van der Waals surface area contributed by atoms with E-state index in [2.05, 4.69) is 25.3 Å². The van der Waals surface area contributed by atoms with Gasteiger partial charge in [0.15, 0.2) is 28.2 Å². The molecule has 0 spiro atoms. The van der Waals surface area contributed by atoms with Gasteiger partial charge in [0.25, 0.3) is 5.91 Å². The Balaban J connectivity index is 1.38. The number of phenols is 1. The minimum atomic E-state index is -1.80. The predicted molar refractivity (Wildman–Crippen MR) is 167 cm³/mol. The molecular formula is C31H30N8O8. The first kappa shape index (κ1) is 29.6. The number of aromatic nitrogens is 5. The lowest BCUT2D eigenvalue weighted by molar-refractivity contribution is -0.143. The van der Waals surface area contributed by atoms with Gasteiger partial charge in [0.05, 0.1) is 63.5 Å². The molecule has 1 amide bonds. The van der Waals surface area contributed by atoms with Crippen LogP contribution >= 0.6 is 0 Å². The van der Waals surface area contributed by atoms with Crippen LogP contribution in [-0.4, -0.2) is 87.8 Å².